The summed E-state index contributed by atoms with van der Waals surface area (Å²) >= 11 is 1.70. The molecule has 20 heavy (non-hydrogen) atoms. The number of carbonyl (C=O) groups is 1. The van der Waals surface area contributed by atoms with Crippen molar-refractivity contribution in [3.8, 4) is 0 Å². The smallest absolute Gasteiger partial charge is 0.323 e. The Kier molecular flexibility index (Phi) is 5.66. The first-order valence-electron chi connectivity index (χ1n) is 6.85. The molecule has 0 heterocycles. The molecule has 2 N–H and O–H groups in total. The Bertz CT molecular complexity index is 451. The largest absolute Gasteiger partial charge is 0.480 e. The lowest BCUT2D eigenvalue weighted by molar-refractivity contribution is -0.144. The van der Waals surface area contributed by atoms with E-state index in [1.54, 1.807) is 25.7 Å². The van der Waals surface area contributed by atoms with Gasteiger partial charge in [0.1, 0.15) is 5.54 Å². The normalized spacial score (nSPS) is 14.8. The highest BCUT2D eigenvalue weighted by Crippen LogP contribution is 2.27. The summed E-state index contributed by atoms with van der Waals surface area (Å²) in [7, 11) is 1.69. The molecule has 1 unspecified atom stereocenters. The van der Waals surface area contributed by atoms with Gasteiger partial charge in [0.25, 0.3) is 0 Å². The average molecular weight is 295 g/mol. The van der Waals surface area contributed by atoms with E-state index >= 15 is 0 Å². The lowest BCUT2D eigenvalue weighted by atomic mass is 9.87. The molecule has 0 aliphatic rings. The van der Waals surface area contributed by atoms with Crippen LogP contribution in [0.25, 0.3) is 0 Å². The van der Waals surface area contributed by atoms with E-state index in [1.165, 1.54) is 10.5 Å². The van der Waals surface area contributed by atoms with E-state index < -0.39 is 11.5 Å². The van der Waals surface area contributed by atoms with Crippen molar-refractivity contribution < 1.29 is 9.90 Å². The third-order valence-corrected chi connectivity index (χ3v) is 4.63. The van der Waals surface area contributed by atoms with E-state index in [9.17, 15) is 9.90 Å². The summed E-state index contributed by atoms with van der Waals surface area (Å²) in [6, 6.07) is 8.53. The van der Waals surface area contributed by atoms with E-state index in [0.29, 0.717) is 6.42 Å². The van der Waals surface area contributed by atoms with Gasteiger partial charge in [0.05, 0.1) is 0 Å². The van der Waals surface area contributed by atoms with Crippen molar-refractivity contribution in [2.75, 3.05) is 12.8 Å². The molecule has 1 rings (SSSR count). The molecule has 0 aliphatic heterocycles. The fourth-order valence-corrected chi connectivity index (χ4v) is 2.84. The molecular formula is C16H25NO2S. The predicted octanol–water partition coefficient (Wildman–Crippen LogP) is 3.53. The van der Waals surface area contributed by atoms with Crippen LogP contribution >= 0.6 is 11.8 Å². The molecule has 0 bridgehead atoms. The van der Waals surface area contributed by atoms with Gasteiger partial charge < -0.3 is 10.4 Å². The van der Waals surface area contributed by atoms with Crippen molar-refractivity contribution in [2.24, 2.45) is 0 Å². The summed E-state index contributed by atoms with van der Waals surface area (Å²) in [5.41, 5.74) is 0.627. The average Bonchev–Trinajstić information content (AvgIpc) is 2.37. The van der Waals surface area contributed by atoms with Crippen LogP contribution in [-0.2, 0) is 10.2 Å². The fraction of sp³-hybridized carbons (Fsp3) is 0.562. The van der Waals surface area contributed by atoms with Crippen LogP contribution in [0.2, 0.25) is 0 Å². The van der Waals surface area contributed by atoms with Crippen molar-refractivity contribution >= 4 is 17.7 Å². The first-order chi connectivity index (χ1) is 9.19. The highest BCUT2D eigenvalue weighted by molar-refractivity contribution is 7.99. The molecule has 1 aromatic carbocycles. The van der Waals surface area contributed by atoms with Gasteiger partial charge in [0.2, 0.25) is 0 Å². The Balaban J connectivity index is 2.57. The minimum atomic E-state index is -0.849. The fourth-order valence-electron chi connectivity index (χ4n) is 1.76. The monoisotopic (exact) mass is 295 g/mol. The molecule has 4 heteroatoms. The third kappa shape index (κ3) is 4.53. The number of likely N-dealkylation sites (N-methyl/N-ethyl adjacent to an activating group) is 1. The van der Waals surface area contributed by atoms with E-state index in [0.717, 1.165) is 5.75 Å². The summed E-state index contributed by atoms with van der Waals surface area (Å²) in [4.78, 5) is 12.4. The van der Waals surface area contributed by atoms with Crippen molar-refractivity contribution in [3.63, 3.8) is 0 Å². The zero-order valence-corrected chi connectivity index (χ0v) is 13.8. The quantitative estimate of drug-likeness (QED) is 0.788. The first-order valence-corrected chi connectivity index (χ1v) is 7.83. The zero-order valence-electron chi connectivity index (χ0n) is 13.0. The number of hydrogen-bond acceptors (Lipinski definition) is 3. The molecule has 0 spiro atoms. The van der Waals surface area contributed by atoms with Crippen LogP contribution in [0.1, 0.15) is 39.7 Å². The second-order valence-electron chi connectivity index (χ2n) is 6.26. The van der Waals surface area contributed by atoms with Gasteiger partial charge in [0.15, 0.2) is 0 Å². The number of rotatable bonds is 6. The maximum atomic E-state index is 11.2. The number of aliphatic carboxylic acids is 1. The van der Waals surface area contributed by atoms with Crippen molar-refractivity contribution in [3.05, 3.63) is 29.8 Å². The molecule has 0 aromatic heterocycles. The van der Waals surface area contributed by atoms with Gasteiger partial charge in [0, 0.05) is 10.6 Å². The number of hydrogen-bond donors (Lipinski definition) is 2. The standard InChI is InChI=1S/C16H25NO2S/c1-15(2,3)12-6-8-13(9-7-12)20-11-10-16(4,17-5)14(18)19/h6-9,17H,10-11H2,1-5H3,(H,18,19). The molecular weight excluding hydrogens is 270 g/mol. The van der Waals surface area contributed by atoms with Crippen molar-refractivity contribution in [1.82, 2.24) is 5.32 Å². The number of carboxylic acids is 1. The number of benzene rings is 1. The van der Waals surface area contributed by atoms with Crippen molar-refractivity contribution in [2.45, 2.75) is 50.0 Å². The summed E-state index contributed by atoms with van der Waals surface area (Å²) in [5.74, 6) is -0.0259. The van der Waals surface area contributed by atoms with Gasteiger partial charge in [-0.3, -0.25) is 4.79 Å². The summed E-state index contributed by atoms with van der Waals surface area (Å²) in [6.45, 7) is 8.31. The minimum absolute atomic E-state index is 0.164. The van der Waals surface area contributed by atoms with Crippen LogP contribution in [0.5, 0.6) is 0 Å². The van der Waals surface area contributed by atoms with Crippen LogP contribution in [0.15, 0.2) is 29.2 Å². The van der Waals surface area contributed by atoms with E-state index in [-0.39, 0.29) is 5.41 Å². The van der Waals surface area contributed by atoms with E-state index in [2.05, 4.69) is 50.4 Å². The van der Waals surface area contributed by atoms with Gasteiger partial charge in [-0.15, -0.1) is 11.8 Å². The Morgan fingerprint density at radius 2 is 1.75 bits per heavy atom. The van der Waals surface area contributed by atoms with E-state index in [1.807, 2.05) is 0 Å². The molecule has 0 saturated carbocycles. The van der Waals surface area contributed by atoms with Gasteiger partial charge in [-0.25, -0.2) is 0 Å². The third-order valence-electron chi connectivity index (χ3n) is 3.61. The summed E-state index contributed by atoms with van der Waals surface area (Å²) in [5, 5.41) is 12.1. The van der Waals surface area contributed by atoms with Crippen LogP contribution in [0.3, 0.4) is 0 Å². The first kappa shape index (κ1) is 17.1. The van der Waals surface area contributed by atoms with Crippen LogP contribution in [0.4, 0.5) is 0 Å². The molecule has 0 aliphatic carbocycles. The summed E-state index contributed by atoms with van der Waals surface area (Å²) in [6.07, 6.45) is 0.588. The molecule has 0 fully saturated rings. The Morgan fingerprint density at radius 1 is 1.20 bits per heavy atom. The molecule has 0 saturated heterocycles. The lowest BCUT2D eigenvalue weighted by Gasteiger charge is -2.23. The molecule has 112 valence electrons. The number of thioether (sulfide) groups is 1. The minimum Gasteiger partial charge on any atom is -0.480 e. The second-order valence-corrected chi connectivity index (χ2v) is 7.43. The van der Waals surface area contributed by atoms with Crippen LogP contribution in [0, 0.1) is 0 Å². The van der Waals surface area contributed by atoms with Crippen LogP contribution < -0.4 is 5.32 Å². The number of nitrogens with one attached hydrogen (secondary N) is 1. The maximum absolute atomic E-state index is 11.2. The Labute approximate surface area is 126 Å². The van der Waals surface area contributed by atoms with Crippen molar-refractivity contribution in [1.29, 1.82) is 0 Å². The van der Waals surface area contributed by atoms with Crippen LogP contribution in [-0.4, -0.2) is 29.4 Å². The second kappa shape index (κ2) is 6.64. The SMILES string of the molecule is CNC(C)(CCSc1ccc(C(C)(C)C)cc1)C(=O)O. The molecule has 3 nitrogen and oxygen atoms in total. The molecule has 0 radical (unpaired) electrons. The van der Waals surface area contributed by atoms with Gasteiger partial charge in [-0.05, 0) is 43.5 Å². The predicted molar refractivity (Wildman–Crippen MR) is 85.6 cm³/mol. The maximum Gasteiger partial charge on any atom is 0.323 e. The topological polar surface area (TPSA) is 49.3 Å². The highest BCUT2D eigenvalue weighted by Gasteiger charge is 2.30. The molecule has 0 amide bonds. The Hall–Kier alpha value is -1.00. The van der Waals surface area contributed by atoms with Gasteiger partial charge in [-0.2, -0.15) is 0 Å². The zero-order chi connectivity index (χ0) is 15.4. The van der Waals surface area contributed by atoms with Gasteiger partial charge >= 0.3 is 5.97 Å². The summed E-state index contributed by atoms with van der Waals surface area (Å²) < 4.78 is 0. The lowest BCUT2D eigenvalue weighted by Crippen LogP contribution is -2.47. The Morgan fingerprint density at radius 3 is 2.15 bits per heavy atom. The molecule has 1 aromatic rings. The van der Waals surface area contributed by atoms with Gasteiger partial charge in [-0.1, -0.05) is 32.9 Å². The highest BCUT2D eigenvalue weighted by atomic mass is 32.2. The molecule has 1 atom stereocenters. The van der Waals surface area contributed by atoms with E-state index in [4.69, 9.17) is 0 Å². The number of carboxylic acid groups (broad SMARTS) is 1.